The second kappa shape index (κ2) is 5.47. The lowest BCUT2D eigenvalue weighted by molar-refractivity contribution is 0.161. The molecule has 94 valence electrons. The number of methoxy groups -OCH3 is 1. The molecule has 0 saturated carbocycles. The van der Waals surface area contributed by atoms with Crippen LogP contribution in [0.15, 0.2) is 18.2 Å². The molecule has 1 unspecified atom stereocenters. The maximum Gasteiger partial charge on any atom is 0.123 e. The summed E-state index contributed by atoms with van der Waals surface area (Å²) in [5.41, 5.74) is 7.60. The van der Waals surface area contributed by atoms with E-state index in [0.29, 0.717) is 12.5 Å². The molecule has 1 aliphatic rings. The Kier molecular flexibility index (Phi) is 3.97. The lowest BCUT2D eigenvalue weighted by Gasteiger charge is -2.21. The number of nitrogens with two attached hydrogens (primary N) is 1. The van der Waals surface area contributed by atoms with E-state index in [1.165, 1.54) is 12.1 Å². The second-order valence-electron chi connectivity index (χ2n) is 4.53. The average Bonchev–Trinajstić information content (AvgIpc) is 2.78. The summed E-state index contributed by atoms with van der Waals surface area (Å²) in [7, 11) is 1.73. The van der Waals surface area contributed by atoms with Crippen LogP contribution < -0.4 is 10.6 Å². The number of hydrogen-bond donors (Lipinski definition) is 1. The topological polar surface area (TPSA) is 38.5 Å². The number of halogens is 1. The van der Waals surface area contributed by atoms with Crippen LogP contribution in [0.5, 0.6) is 0 Å². The fourth-order valence-electron chi connectivity index (χ4n) is 2.45. The molecule has 0 aliphatic carbocycles. The average molecular weight is 238 g/mol. The molecule has 1 saturated heterocycles. The van der Waals surface area contributed by atoms with Crippen molar-refractivity contribution in [2.75, 3.05) is 31.7 Å². The Hall–Kier alpha value is -1.13. The van der Waals surface area contributed by atoms with Gasteiger partial charge in [-0.25, -0.2) is 4.39 Å². The normalized spacial score (nSPS) is 19.9. The molecule has 0 amide bonds. The molecule has 0 spiro atoms. The second-order valence-corrected chi connectivity index (χ2v) is 4.53. The Morgan fingerprint density at radius 2 is 2.35 bits per heavy atom. The van der Waals surface area contributed by atoms with Crippen molar-refractivity contribution in [2.24, 2.45) is 11.7 Å². The smallest absolute Gasteiger partial charge is 0.123 e. The highest BCUT2D eigenvalue weighted by Gasteiger charge is 2.23. The Labute approximate surface area is 101 Å². The molecule has 4 heteroatoms. The highest BCUT2D eigenvalue weighted by Crippen LogP contribution is 2.27. The third-order valence-electron chi connectivity index (χ3n) is 3.29. The van der Waals surface area contributed by atoms with Gasteiger partial charge in [-0.2, -0.15) is 0 Å². The SMILES string of the molecule is COCC1CCN(c2ccc(F)cc2CN)C1. The molecule has 17 heavy (non-hydrogen) atoms. The molecule has 2 rings (SSSR count). The highest BCUT2D eigenvalue weighted by atomic mass is 19.1. The Morgan fingerprint density at radius 3 is 3.06 bits per heavy atom. The van der Waals surface area contributed by atoms with Crippen LogP contribution in [0.3, 0.4) is 0 Å². The van der Waals surface area contributed by atoms with Crippen molar-refractivity contribution in [1.82, 2.24) is 0 Å². The summed E-state index contributed by atoms with van der Waals surface area (Å²) in [5, 5.41) is 0. The molecule has 0 radical (unpaired) electrons. The molecule has 1 aromatic rings. The van der Waals surface area contributed by atoms with Gasteiger partial charge < -0.3 is 15.4 Å². The molecule has 3 nitrogen and oxygen atoms in total. The van der Waals surface area contributed by atoms with Crippen molar-refractivity contribution in [3.63, 3.8) is 0 Å². The molecular weight excluding hydrogens is 219 g/mol. The summed E-state index contributed by atoms with van der Waals surface area (Å²) in [6, 6.07) is 4.85. The van der Waals surface area contributed by atoms with Gasteiger partial charge in [0.15, 0.2) is 0 Å². The number of nitrogens with zero attached hydrogens (tertiary/aromatic N) is 1. The molecule has 1 aliphatic heterocycles. The van der Waals surface area contributed by atoms with Crippen molar-refractivity contribution in [2.45, 2.75) is 13.0 Å². The predicted octanol–water partition coefficient (Wildman–Crippen LogP) is 1.76. The third kappa shape index (κ3) is 2.76. The van der Waals surface area contributed by atoms with E-state index in [9.17, 15) is 4.39 Å². The monoisotopic (exact) mass is 238 g/mol. The minimum absolute atomic E-state index is 0.221. The first-order chi connectivity index (χ1) is 8.24. The first-order valence-corrected chi connectivity index (χ1v) is 5.97. The van der Waals surface area contributed by atoms with Gasteiger partial charge in [-0.3, -0.25) is 0 Å². The molecule has 1 aromatic carbocycles. The van der Waals surface area contributed by atoms with Crippen LogP contribution in [-0.4, -0.2) is 26.8 Å². The Morgan fingerprint density at radius 1 is 1.53 bits per heavy atom. The van der Waals surface area contributed by atoms with Crippen molar-refractivity contribution in [3.05, 3.63) is 29.6 Å². The molecule has 1 heterocycles. The minimum atomic E-state index is -0.221. The van der Waals surface area contributed by atoms with E-state index in [1.807, 2.05) is 6.07 Å². The van der Waals surface area contributed by atoms with Crippen LogP contribution in [0.4, 0.5) is 10.1 Å². The maximum absolute atomic E-state index is 13.1. The summed E-state index contributed by atoms with van der Waals surface area (Å²) in [6.45, 7) is 3.12. The Balaban J connectivity index is 2.12. The predicted molar refractivity (Wildman–Crippen MR) is 66.5 cm³/mol. The van der Waals surface area contributed by atoms with Gasteiger partial charge in [0.1, 0.15) is 5.82 Å². The number of ether oxygens (including phenoxy) is 1. The van der Waals surface area contributed by atoms with E-state index in [4.69, 9.17) is 10.5 Å². The zero-order chi connectivity index (χ0) is 12.3. The standard InChI is InChI=1S/C13H19FN2O/c1-17-9-10-4-5-16(8-10)13-3-2-12(14)6-11(13)7-15/h2-3,6,10H,4-5,7-9,15H2,1H3. The van der Waals surface area contributed by atoms with E-state index in [0.717, 1.165) is 37.4 Å². The van der Waals surface area contributed by atoms with Gasteiger partial charge in [0.05, 0.1) is 6.61 Å². The van der Waals surface area contributed by atoms with Gasteiger partial charge in [-0.15, -0.1) is 0 Å². The van der Waals surface area contributed by atoms with Gasteiger partial charge in [0.2, 0.25) is 0 Å². The lowest BCUT2D eigenvalue weighted by Crippen LogP contribution is -2.22. The first kappa shape index (κ1) is 12.3. The molecule has 1 fully saturated rings. The van der Waals surface area contributed by atoms with E-state index >= 15 is 0 Å². The molecule has 0 bridgehead atoms. The van der Waals surface area contributed by atoms with Crippen LogP contribution in [0, 0.1) is 11.7 Å². The van der Waals surface area contributed by atoms with E-state index in [2.05, 4.69) is 4.90 Å². The van der Waals surface area contributed by atoms with Crippen molar-refractivity contribution in [3.8, 4) is 0 Å². The van der Waals surface area contributed by atoms with Crippen molar-refractivity contribution in [1.29, 1.82) is 0 Å². The molecule has 0 aromatic heterocycles. The molecular formula is C13H19FN2O. The number of benzene rings is 1. The number of rotatable bonds is 4. The fourth-order valence-corrected chi connectivity index (χ4v) is 2.45. The summed E-state index contributed by atoms with van der Waals surface area (Å²) in [6.07, 6.45) is 1.12. The van der Waals surface area contributed by atoms with Crippen molar-refractivity contribution >= 4 is 5.69 Å². The summed E-state index contributed by atoms with van der Waals surface area (Å²) in [4.78, 5) is 2.27. The Bertz CT molecular complexity index is 384. The van der Waals surface area contributed by atoms with Crippen LogP contribution in [0.2, 0.25) is 0 Å². The third-order valence-corrected chi connectivity index (χ3v) is 3.29. The zero-order valence-corrected chi connectivity index (χ0v) is 10.2. The van der Waals surface area contributed by atoms with E-state index in [1.54, 1.807) is 7.11 Å². The zero-order valence-electron chi connectivity index (χ0n) is 10.2. The van der Waals surface area contributed by atoms with E-state index < -0.39 is 0 Å². The fraction of sp³-hybridized carbons (Fsp3) is 0.538. The van der Waals surface area contributed by atoms with Crippen LogP contribution in [-0.2, 0) is 11.3 Å². The number of anilines is 1. The highest BCUT2D eigenvalue weighted by molar-refractivity contribution is 5.54. The lowest BCUT2D eigenvalue weighted by atomic mass is 10.1. The van der Waals surface area contributed by atoms with Gasteiger partial charge in [0.25, 0.3) is 0 Å². The van der Waals surface area contributed by atoms with Crippen LogP contribution in [0.25, 0.3) is 0 Å². The van der Waals surface area contributed by atoms with Gasteiger partial charge >= 0.3 is 0 Å². The van der Waals surface area contributed by atoms with Gasteiger partial charge in [-0.1, -0.05) is 0 Å². The van der Waals surface area contributed by atoms with Crippen LogP contribution in [0.1, 0.15) is 12.0 Å². The van der Waals surface area contributed by atoms with Crippen LogP contribution >= 0.6 is 0 Å². The summed E-state index contributed by atoms with van der Waals surface area (Å²) in [5.74, 6) is 0.345. The maximum atomic E-state index is 13.1. The largest absolute Gasteiger partial charge is 0.384 e. The van der Waals surface area contributed by atoms with Crippen molar-refractivity contribution < 1.29 is 9.13 Å². The summed E-state index contributed by atoms with van der Waals surface area (Å²) < 4.78 is 18.3. The molecule has 1 atom stereocenters. The quantitative estimate of drug-likeness (QED) is 0.868. The minimum Gasteiger partial charge on any atom is -0.384 e. The molecule has 2 N–H and O–H groups in total. The van der Waals surface area contributed by atoms with Gasteiger partial charge in [-0.05, 0) is 30.2 Å². The first-order valence-electron chi connectivity index (χ1n) is 5.97. The number of hydrogen-bond acceptors (Lipinski definition) is 3. The summed E-state index contributed by atoms with van der Waals surface area (Å²) >= 11 is 0. The van der Waals surface area contributed by atoms with E-state index in [-0.39, 0.29) is 5.82 Å². The van der Waals surface area contributed by atoms with Gasteiger partial charge in [0, 0.05) is 38.3 Å².